The van der Waals surface area contributed by atoms with E-state index in [2.05, 4.69) is 34.7 Å². The van der Waals surface area contributed by atoms with Crippen LogP contribution in [0.5, 0.6) is 0 Å². The summed E-state index contributed by atoms with van der Waals surface area (Å²) in [6, 6.07) is 10.2. The number of benzene rings is 1. The van der Waals surface area contributed by atoms with Gasteiger partial charge in [0.1, 0.15) is 12.4 Å². The van der Waals surface area contributed by atoms with Crippen LogP contribution >= 0.6 is 11.8 Å². The zero-order valence-corrected chi connectivity index (χ0v) is 15.3. The summed E-state index contributed by atoms with van der Waals surface area (Å²) in [6.07, 6.45) is 3.19. The predicted molar refractivity (Wildman–Crippen MR) is 98.9 cm³/mol. The number of nitrogens with one attached hydrogen (secondary N) is 1. The van der Waals surface area contributed by atoms with Gasteiger partial charge < -0.3 is 5.32 Å². The Labute approximate surface area is 151 Å². The first-order chi connectivity index (χ1) is 12.1. The van der Waals surface area contributed by atoms with Crippen LogP contribution in [0, 0.1) is 6.92 Å². The van der Waals surface area contributed by atoms with Crippen LogP contribution in [-0.2, 0) is 22.6 Å². The summed E-state index contributed by atoms with van der Waals surface area (Å²) < 4.78 is 1.79. The summed E-state index contributed by atoms with van der Waals surface area (Å²) in [5.41, 5.74) is 2.03. The normalized spacial score (nSPS) is 13.7. The molecule has 0 unspecified atom stereocenters. The van der Waals surface area contributed by atoms with E-state index in [1.807, 2.05) is 19.2 Å². The molecule has 6 nitrogen and oxygen atoms in total. The molecular weight excluding hydrogens is 336 g/mol. The summed E-state index contributed by atoms with van der Waals surface area (Å²) >= 11 is 1.71. The first-order valence-electron chi connectivity index (χ1n) is 8.31. The molecule has 0 fully saturated rings. The van der Waals surface area contributed by atoms with Gasteiger partial charge in [-0.1, -0.05) is 12.1 Å². The van der Waals surface area contributed by atoms with Gasteiger partial charge in [-0.15, -0.1) is 11.8 Å². The maximum Gasteiger partial charge on any atom is 0.240 e. The van der Waals surface area contributed by atoms with E-state index in [4.69, 9.17) is 0 Å². The minimum absolute atomic E-state index is 0.0322. The van der Waals surface area contributed by atoms with Crippen molar-refractivity contribution < 1.29 is 9.59 Å². The molecule has 25 heavy (non-hydrogen) atoms. The first kappa shape index (κ1) is 17.5. The van der Waals surface area contributed by atoms with Crippen molar-refractivity contribution in [1.29, 1.82) is 0 Å². The standard InChI is InChI=1S/C18H22N4O2S/c1-13-11-17-21(18(24)8-10-22(17)20-13)12-16(23)19-9-7-14-3-5-15(25-2)6-4-14/h3-6,11H,7-10,12H2,1-2H3,(H,19,23). The zero-order valence-electron chi connectivity index (χ0n) is 14.5. The van der Waals surface area contributed by atoms with Gasteiger partial charge in [-0.25, -0.2) is 4.68 Å². The van der Waals surface area contributed by atoms with Crippen LogP contribution in [0.2, 0.25) is 0 Å². The molecule has 1 aromatic carbocycles. The van der Waals surface area contributed by atoms with Gasteiger partial charge in [0, 0.05) is 23.9 Å². The Morgan fingerprint density at radius 3 is 2.80 bits per heavy atom. The zero-order chi connectivity index (χ0) is 17.8. The molecule has 0 saturated carbocycles. The summed E-state index contributed by atoms with van der Waals surface area (Å²) in [7, 11) is 0. The SMILES string of the molecule is CSc1ccc(CCNC(=O)CN2C(=O)CCn3nc(C)cc32)cc1. The lowest BCUT2D eigenvalue weighted by molar-refractivity contribution is -0.124. The molecule has 132 valence electrons. The molecule has 0 atom stereocenters. The molecule has 3 rings (SSSR count). The van der Waals surface area contributed by atoms with Crippen LogP contribution in [-0.4, -0.2) is 40.9 Å². The van der Waals surface area contributed by atoms with E-state index in [1.54, 1.807) is 16.4 Å². The summed E-state index contributed by atoms with van der Waals surface area (Å²) in [6.45, 7) is 3.05. The Balaban J connectivity index is 1.53. The van der Waals surface area contributed by atoms with Crippen molar-refractivity contribution in [3.05, 3.63) is 41.6 Å². The third-order valence-corrected chi connectivity index (χ3v) is 4.94. The molecule has 0 spiro atoms. The minimum Gasteiger partial charge on any atom is -0.354 e. The fourth-order valence-corrected chi connectivity index (χ4v) is 3.29. The molecule has 2 aromatic rings. The van der Waals surface area contributed by atoms with Gasteiger partial charge in [-0.2, -0.15) is 5.10 Å². The highest BCUT2D eigenvalue weighted by molar-refractivity contribution is 7.98. The Morgan fingerprint density at radius 1 is 1.32 bits per heavy atom. The third-order valence-electron chi connectivity index (χ3n) is 4.19. The lowest BCUT2D eigenvalue weighted by atomic mass is 10.1. The Kier molecular flexibility index (Phi) is 5.43. The van der Waals surface area contributed by atoms with Crippen molar-refractivity contribution in [1.82, 2.24) is 15.1 Å². The molecule has 0 bridgehead atoms. The number of rotatable bonds is 6. The average molecular weight is 358 g/mol. The second-order valence-corrected chi connectivity index (χ2v) is 6.92. The van der Waals surface area contributed by atoms with Crippen LogP contribution in [0.3, 0.4) is 0 Å². The summed E-state index contributed by atoms with van der Waals surface area (Å²) in [5.74, 6) is 0.521. The van der Waals surface area contributed by atoms with E-state index in [-0.39, 0.29) is 18.4 Å². The second-order valence-electron chi connectivity index (χ2n) is 6.04. The number of hydrogen-bond donors (Lipinski definition) is 1. The predicted octanol–water partition coefficient (Wildman–Crippen LogP) is 2.01. The number of nitrogens with zero attached hydrogens (tertiary/aromatic N) is 3. The number of anilines is 1. The van der Waals surface area contributed by atoms with Crippen molar-refractivity contribution in [3.8, 4) is 0 Å². The number of fused-ring (bicyclic) bond motifs is 1. The van der Waals surface area contributed by atoms with Crippen LogP contribution in [0.1, 0.15) is 17.7 Å². The summed E-state index contributed by atoms with van der Waals surface area (Å²) in [5, 5.41) is 7.25. The fourth-order valence-electron chi connectivity index (χ4n) is 2.89. The maximum absolute atomic E-state index is 12.2. The first-order valence-corrected chi connectivity index (χ1v) is 9.54. The van der Waals surface area contributed by atoms with E-state index in [0.29, 0.717) is 25.3 Å². The highest BCUT2D eigenvalue weighted by Gasteiger charge is 2.27. The molecular formula is C18H22N4O2S. The highest BCUT2D eigenvalue weighted by atomic mass is 32.2. The summed E-state index contributed by atoms with van der Waals surface area (Å²) in [4.78, 5) is 27.1. The molecule has 0 saturated heterocycles. The molecule has 1 aromatic heterocycles. The van der Waals surface area contributed by atoms with E-state index >= 15 is 0 Å². The second kappa shape index (κ2) is 7.74. The van der Waals surface area contributed by atoms with Crippen LogP contribution in [0.15, 0.2) is 35.2 Å². The van der Waals surface area contributed by atoms with Crippen molar-refractivity contribution in [2.24, 2.45) is 0 Å². The van der Waals surface area contributed by atoms with Gasteiger partial charge in [0.15, 0.2) is 0 Å². The van der Waals surface area contributed by atoms with Gasteiger partial charge in [0.2, 0.25) is 11.8 Å². The molecule has 0 radical (unpaired) electrons. The number of carbonyl (C=O) groups is 2. The van der Waals surface area contributed by atoms with Gasteiger partial charge >= 0.3 is 0 Å². The lowest BCUT2D eigenvalue weighted by Gasteiger charge is -2.26. The molecule has 7 heteroatoms. The Hall–Kier alpha value is -2.28. The van der Waals surface area contributed by atoms with E-state index in [9.17, 15) is 9.59 Å². The lowest BCUT2D eigenvalue weighted by Crippen LogP contribution is -2.44. The van der Waals surface area contributed by atoms with E-state index in [1.165, 1.54) is 15.4 Å². The number of thioether (sulfide) groups is 1. The van der Waals surface area contributed by atoms with Gasteiger partial charge in [0.25, 0.3) is 0 Å². The van der Waals surface area contributed by atoms with Gasteiger partial charge in [-0.3, -0.25) is 14.5 Å². The molecule has 1 aliphatic heterocycles. The van der Waals surface area contributed by atoms with Gasteiger partial charge in [-0.05, 0) is 37.3 Å². The van der Waals surface area contributed by atoms with Crippen molar-refractivity contribution in [2.75, 3.05) is 24.2 Å². The smallest absolute Gasteiger partial charge is 0.240 e. The van der Waals surface area contributed by atoms with Crippen molar-refractivity contribution >= 4 is 29.4 Å². The minimum atomic E-state index is -0.151. The van der Waals surface area contributed by atoms with Crippen LogP contribution < -0.4 is 10.2 Å². The van der Waals surface area contributed by atoms with Crippen LogP contribution in [0.25, 0.3) is 0 Å². The third kappa shape index (κ3) is 4.22. The van der Waals surface area contributed by atoms with Crippen molar-refractivity contribution in [3.63, 3.8) is 0 Å². The largest absolute Gasteiger partial charge is 0.354 e. The number of aromatic nitrogens is 2. The average Bonchev–Trinajstić information content (AvgIpc) is 2.99. The number of carbonyl (C=O) groups excluding carboxylic acids is 2. The topological polar surface area (TPSA) is 67.2 Å². The molecule has 1 N–H and O–H groups in total. The monoisotopic (exact) mass is 358 g/mol. The van der Waals surface area contributed by atoms with Crippen molar-refractivity contribution in [2.45, 2.75) is 31.2 Å². The number of aryl methyl sites for hydroxylation is 2. The highest BCUT2D eigenvalue weighted by Crippen LogP contribution is 2.22. The Bertz CT molecular complexity index is 770. The van der Waals surface area contributed by atoms with E-state index in [0.717, 1.165) is 12.1 Å². The molecule has 2 heterocycles. The number of hydrogen-bond acceptors (Lipinski definition) is 4. The number of amides is 2. The quantitative estimate of drug-likeness (QED) is 0.802. The maximum atomic E-state index is 12.2. The van der Waals surface area contributed by atoms with Gasteiger partial charge in [0.05, 0.1) is 12.2 Å². The molecule has 2 amide bonds. The molecule has 0 aliphatic carbocycles. The molecule has 1 aliphatic rings. The Morgan fingerprint density at radius 2 is 2.08 bits per heavy atom. The fraction of sp³-hybridized carbons (Fsp3) is 0.389. The van der Waals surface area contributed by atoms with E-state index < -0.39 is 0 Å². The van der Waals surface area contributed by atoms with Crippen LogP contribution in [0.4, 0.5) is 5.82 Å².